The summed E-state index contributed by atoms with van der Waals surface area (Å²) in [5, 5.41) is 0. The Morgan fingerprint density at radius 1 is 0.941 bits per heavy atom. The molecule has 0 aromatic heterocycles. The molecule has 0 radical (unpaired) electrons. The molecule has 2 aromatic rings. The first-order valence-corrected chi connectivity index (χ1v) is 5.57. The zero-order valence-corrected chi connectivity index (χ0v) is 9.80. The molecule has 2 nitrogen and oxygen atoms in total. The Balaban J connectivity index is 1.99. The quantitative estimate of drug-likeness (QED) is 0.701. The predicted molar refractivity (Wildman–Crippen MR) is 70.8 cm³/mol. The van der Waals surface area contributed by atoms with Crippen molar-refractivity contribution in [3.63, 3.8) is 0 Å². The summed E-state index contributed by atoms with van der Waals surface area (Å²) >= 11 is 0. The monoisotopic (exact) mass is 222 g/mol. The highest BCUT2D eigenvalue weighted by molar-refractivity contribution is 5.52. The average molecular weight is 222 g/mol. The first-order chi connectivity index (χ1) is 8.34. The highest BCUT2D eigenvalue weighted by Crippen LogP contribution is 2.11. The standard InChI is InChI=1S/C15H14N2/c1-13-7-9-15(10-8-13)17-12-16-11-14-5-3-2-4-6-14/h2-10H,11H2,1H3. The molecular formula is C15H14N2. The van der Waals surface area contributed by atoms with Crippen LogP contribution in [0.5, 0.6) is 0 Å². The molecule has 0 amide bonds. The largest absolute Gasteiger partial charge is 0.221 e. The fourth-order valence-corrected chi connectivity index (χ4v) is 1.42. The van der Waals surface area contributed by atoms with E-state index >= 15 is 0 Å². The van der Waals surface area contributed by atoms with Crippen molar-refractivity contribution >= 4 is 11.7 Å². The molecule has 0 bridgehead atoms. The van der Waals surface area contributed by atoms with Gasteiger partial charge >= 0.3 is 0 Å². The molecule has 0 atom stereocenters. The van der Waals surface area contributed by atoms with Crippen LogP contribution < -0.4 is 0 Å². The lowest BCUT2D eigenvalue weighted by molar-refractivity contribution is 1.08. The molecule has 2 aromatic carbocycles. The zero-order chi connectivity index (χ0) is 11.9. The number of hydrogen-bond acceptors (Lipinski definition) is 2. The van der Waals surface area contributed by atoms with Gasteiger partial charge in [0.15, 0.2) is 0 Å². The maximum Gasteiger partial charge on any atom is 0.0952 e. The number of rotatable bonds is 3. The Labute approximate surface area is 101 Å². The second-order valence-electron chi connectivity index (χ2n) is 3.85. The summed E-state index contributed by atoms with van der Waals surface area (Å²) in [6.45, 7) is 2.67. The van der Waals surface area contributed by atoms with Crippen LogP contribution in [-0.4, -0.2) is 6.01 Å². The molecule has 0 N–H and O–H groups in total. The minimum Gasteiger partial charge on any atom is -0.221 e. The molecule has 0 heterocycles. The third kappa shape index (κ3) is 3.71. The van der Waals surface area contributed by atoms with Gasteiger partial charge in [0.25, 0.3) is 0 Å². The topological polar surface area (TPSA) is 24.7 Å². The predicted octanol–water partition coefficient (Wildman–Crippen LogP) is 4.00. The summed E-state index contributed by atoms with van der Waals surface area (Å²) in [5.41, 5.74) is 3.27. The Bertz CT molecular complexity index is 521. The van der Waals surface area contributed by atoms with E-state index in [0.717, 1.165) is 5.69 Å². The van der Waals surface area contributed by atoms with Crippen molar-refractivity contribution in [1.82, 2.24) is 0 Å². The molecule has 17 heavy (non-hydrogen) atoms. The minimum absolute atomic E-state index is 0.621. The third-order valence-electron chi connectivity index (χ3n) is 2.39. The SMILES string of the molecule is Cc1ccc(N=C=NCc2ccccc2)cc1. The number of aliphatic imine (C=N–C) groups is 2. The molecule has 0 saturated carbocycles. The van der Waals surface area contributed by atoms with Crippen molar-refractivity contribution in [1.29, 1.82) is 0 Å². The number of aryl methyl sites for hydroxylation is 1. The molecule has 0 unspecified atom stereocenters. The first kappa shape index (κ1) is 11.3. The Hall–Kier alpha value is -2.18. The molecule has 0 aliphatic carbocycles. The van der Waals surface area contributed by atoms with Gasteiger partial charge in [-0.2, -0.15) is 4.99 Å². The van der Waals surface area contributed by atoms with E-state index in [1.54, 1.807) is 0 Å². The molecule has 0 aliphatic heterocycles. The van der Waals surface area contributed by atoms with Crippen molar-refractivity contribution in [2.24, 2.45) is 9.98 Å². The second kappa shape index (κ2) is 5.78. The van der Waals surface area contributed by atoms with Crippen LogP contribution in [0.15, 0.2) is 64.6 Å². The number of nitrogens with zero attached hydrogens (tertiary/aromatic N) is 2. The van der Waals surface area contributed by atoms with Crippen LogP contribution >= 0.6 is 0 Å². The van der Waals surface area contributed by atoms with Gasteiger partial charge in [0.1, 0.15) is 0 Å². The van der Waals surface area contributed by atoms with E-state index in [0.29, 0.717) is 6.54 Å². The third-order valence-corrected chi connectivity index (χ3v) is 2.39. The van der Waals surface area contributed by atoms with Gasteiger partial charge in [-0.25, -0.2) is 4.99 Å². The van der Waals surface area contributed by atoms with Gasteiger partial charge in [0.05, 0.1) is 18.2 Å². The van der Waals surface area contributed by atoms with Crippen LogP contribution in [-0.2, 0) is 6.54 Å². The van der Waals surface area contributed by atoms with Gasteiger partial charge in [-0.3, -0.25) is 0 Å². The van der Waals surface area contributed by atoms with E-state index in [9.17, 15) is 0 Å². The molecule has 0 saturated heterocycles. The van der Waals surface area contributed by atoms with E-state index < -0.39 is 0 Å². The Morgan fingerprint density at radius 2 is 1.65 bits per heavy atom. The van der Waals surface area contributed by atoms with Crippen LogP contribution in [0.1, 0.15) is 11.1 Å². The Morgan fingerprint density at radius 3 is 2.35 bits per heavy atom. The van der Waals surface area contributed by atoms with Crippen molar-refractivity contribution in [3.05, 3.63) is 65.7 Å². The van der Waals surface area contributed by atoms with E-state index in [-0.39, 0.29) is 0 Å². The van der Waals surface area contributed by atoms with Crippen LogP contribution in [0, 0.1) is 6.92 Å². The maximum atomic E-state index is 4.15. The second-order valence-corrected chi connectivity index (χ2v) is 3.85. The zero-order valence-electron chi connectivity index (χ0n) is 9.80. The van der Waals surface area contributed by atoms with Crippen molar-refractivity contribution in [2.45, 2.75) is 13.5 Å². The lowest BCUT2D eigenvalue weighted by atomic mass is 10.2. The lowest BCUT2D eigenvalue weighted by Crippen LogP contribution is -1.77. The van der Waals surface area contributed by atoms with Crippen LogP contribution in [0.2, 0.25) is 0 Å². The van der Waals surface area contributed by atoms with Gasteiger partial charge in [0.2, 0.25) is 0 Å². The number of hydrogen-bond donors (Lipinski definition) is 0. The van der Waals surface area contributed by atoms with Crippen molar-refractivity contribution < 1.29 is 0 Å². The van der Waals surface area contributed by atoms with E-state index in [2.05, 4.69) is 22.9 Å². The van der Waals surface area contributed by atoms with E-state index in [4.69, 9.17) is 0 Å². The molecule has 84 valence electrons. The fourth-order valence-electron chi connectivity index (χ4n) is 1.42. The summed E-state index contributed by atoms with van der Waals surface area (Å²) in [6.07, 6.45) is 0. The number of benzene rings is 2. The minimum atomic E-state index is 0.621. The maximum absolute atomic E-state index is 4.15. The van der Waals surface area contributed by atoms with Gasteiger partial charge in [-0.15, -0.1) is 0 Å². The van der Waals surface area contributed by atoms with E-state index in [1.165, 1.54) is 11.1 Å². The van der Waals surface area contributed by atoms with Crippen LogP contribution in [0.25, 0.3) is 0 Å². The summed E-state index contributed by atoms with van der Waals surface area (Å²) in [6, 6.07) is 20.8. The molecule has 2 heteroatoms. The van der Waals surface area contributed by atoms with Gasteiger partial charge in [0, 0.05) is 0 Å². The lowest BCUT2D eigenvalue weighted by Gasteiger charge is -1.92. The van der Waals surface area contributed by atoms with Gasteiger partial charge in [-0.05, 0) is 24.6 Å². The van der Waals surface area contributed by atoms with Crippen LogP contribution in [0.3, 0.4) is 0 Å². The normalized spacial score (nSPS) is 9.47. The van der Waals surface area contributed by atoms with Crippen molar-refractivity contribution in [2.75, 3.05) is 0 Å². The Kier molecular flexibility index (Phi) is 3.85. The van der Waals surface area contributed by atoms with E-state index in [1.807, 2.05) is 54.6 Å². The molecule has 2 rings (SSSR count). The van der Waals surface area contributed by atoms with Gasteiger partial charge in [-0.1, -0.05) is 48.0 Å². The first-order valence-electron chi connectivity index (χ1n) is 5.57. The molecule has 0 aliphatic rings. The average Bonchev–Trinajstić information content (AvgIpc) is 2.38. The highest BCUT2D eigenvalue weighted by Gasteiger charge is 1.87. The highest BCUT2D eigenvalue weighted by atomic mass is 14.8. The molecule has 0 spiro atoms. The summed E-state index contributed by atoms with van der Waals surface area (Å²) < 4.78 is 0. The molecular weight excluding hydrogens is 208 g/mol. The van der Waals surface area contributed by atoms with Crippen molar-refractivity contribution in [3.8, 4) is 0 Å². The smallest absolute Gasteiger partial charge is 0.0952 e. The van der Waals surface area contributed by atoms with Crippen LogP contribution in [0.4, 0.5) is 5.69 Å². The summed E-state index contributed by atoms with van der Waals surface area (Å²) in [4.78, 5) is 8.29. The molecule has 0 fully saturated rings. The summed E-state index contributed by atoms with van der Waals surface area (Å²) in [5.74, 6) is 0. The fraction of sp³-hybridized carbons (Fsp3) is 0.133. The van der Waals surface area contributed by atoms with Gasteiger partial charge < -0.3 is 0 Å². The summed E-state index contributed by atoms with van der Waals surface area (Å²) in [7, 11) is 0.